The molecule has 29 heavy (non-hydrogen) atoms. The summed E-state index contributed by atoms with van der Waals surface area (Å²) in [4.78, 5) is 2.14. The number of sulfonamides is 1. The Labute approximate surface area is 173 Å². The average molecular weight is 413 g/mol. The lowest BCUT2D eigenvalue weighted by Crippen LogP contribution is -2.28. The zero-order chi connectivity index (χ0) is 20.9. The molecule has 0 aliphatic heterocycles. The zero-order valence-corrected chi connectivity index (χ0v) is 18.0. The van der Waals surface area contributed by atoms with Crippen LogP contribution in [0.15, 0.2) is 66.9 Å². The summed E-state index contributed by atoms with van der Waals surface area (Å²) in [6.07, 6.45) is 2.65. The molecule has 0 saturated heterocycles. The van der Waals surface area contributed by atoms with Crippen LogP contribution in [-0.4, -0.2) is 60.8 Å². The molecular weight excluding hydrogens is 384 g/mol. The van der Waals surface area contributed by atoms with Crippen LogP contribution in [0.2, 0.25) is 0 Å². The van der Waals surface area contributed by atoms with Crippen molar-refractivity contribution in [3.8, 4) is 16.9 Å². The molecule has 1 aromatic heterocycles. The maximum atomic E-state index is 12.0. The Morgan fingerprint density at radius 2 is 1.55 bits per heavy atom. The zero-order valence-electron chi connectivity index (χ0n) is 17.2. The molecule has 0 fully saturated rings. The van der Waals surface area contributed by atoms with Crippen molar-refractivity contribution in [3.05, 3.63) is 72.4 Å². The van der Waals surface area contributed by atoms with E-state index in [9.17, 15) is 8.42 Å². The van der Waals surface area contributed by atoms with Crippen LogP contribution in [0.25, 0.3) is 16.9 Å². The van der Waals surface area contributed by atoms with Crippen LogP contribution in [0.3, 0.4) is 0 Å². The molecule has 0 aliphatic carbocycles. The van der Waals surface area contributed by atoms with Crippen LogP contribution in [0.1, 0.15) is 12.0 Å². The topological polar surface area (TPSA) is 58.4 Å². The van der Waals surface area contributed by atoms with E-state index in [1.165, 1.54) is 4.31 Å². The molecule has 2 aromatic carbocycles. The molecular formula is C22H28N4O2S. The summed E-state index contributed by atoms with van der Waals surface area (Å²) >= 11 is 0. The molecule has 0 saturated carbocycles. The van der Waals surface area contributed by atoms with Gasteiger partial charge in [0.2, 0.25) is 10.0 Å². The molecule has 0 N–H and O–H groups in total. The maximum Gasteiger partial charge on any atom is 0.213 e. The lowest BCUT2D eigenvalue weighted by Gasteiger charge is -2.17. The smallest absolute Gasteiger partial charge is 0.213 e. The van der Waals surface area contributed by atoms with Crippen molar-refractivity contribution in [2.75, 3.05) is 33.4 Å². The molecule has 0 bridgehead atoms. The lowest BCUT2D eigenvalue weighted by molar-refractivity contribution is 0.327. The molecule has 0 spiro atoms. The monoisotopic (exact) mass is 412 g/mol. The lowest BCUT2D eigenvalue weighted by atomic mass is 10.1. The fourth-order valence-electron chi connectivity index (χ4n) is 3.15. The molecule has 6 nitrogen and oxygen atoms in total. The van der Waals surface area contributed by atoms with Crippen LogP contribution < -0.4 is 0 Å². The summed E-state index contributed by atoms with van der Waals surface area (Å²) in [6, 6.07) is 20.2. The molecule has 0 aliphatic rings. The Morgan fingerprint density at radius 3 is 2.17 bits per heavy atom. The molecule has 0 unspecified atom stereocenters. The first-order chi connectivity index (χ1) is 13.9. The average Bonchev–Trinajstić information content (AvgIpc) is 3.13. The fraction of sp³-hybridized carbons (Fsp3) is 0.318. The van der Waals surface area contributed by atoms with E-state index < -0.39 is 10.0 Å². The Kier molecular flexibility index (Phi) is 6.84. The van der Waals surface area contributed by atoms with Gasteiger partial charge in [-0.15, -0.1) is 0 Å². The minimum absolute atomic E-state index is 0.152. The number of para-hydroxylation sites is 1. The summed E-state index contributed by atoms with van der Waals surface area (Å²) in [5.74, 6) is 0.152. The van der Waals surface area contributed by atoms with Gasteiger partial charge in [-0.3, -0.25) is 0 Å². The van der Waals surface area contributed by atoms with Crippen molar-refractivity contribution in [2.24, 2.45) is 0 Å². The minimum atomic E-state index is -3.16. The van der Waals surface area contributed by atoms with E-state index in [-0.39, 0.29) is 5.75 Å². The molecule has 0 radical (unpaired) electrons. The Morgan fingerprint density at radius 1 is 0.931 bits per heavy atom. The number of hydrogen-bond acceptors (Lipinski definition) is 4. The number of benzene rings is 2. The van der Waals surface area contributed by atoms with Crippen molar-refractivity contribution in [1.29, 1.82) is 0 Å². The van der Waals surface area contributed by atoms with Crippen LogP contribution in [-0.2, 0) is 16.6 Å². The fourth-order valence-corrected chi connectivity index (χ4v) is 4.01. The third kappa shape index (κ3) is 5.53. The van der Waals surface area contributed by atoms with E-state index in [2.05, 4.69) is 23.2 Å². The van der Waals surface area contributed by atoms with Crippen LogP contribution in [0, 0.1) is 0 Å². The molecule has 154 valence electrons. The number of nitrogens with zero attached hydrogens (tertiary/aromatic N) is 4. The molecule has 7 heteroatoms. The third-order valence-electron chi connectivity index (χ3n) is 4.80. The summed E-state index contributed by atoms with van der Waals surface area (Å²) in [7, 11) is 2.00. The standard InChI is InChI=1S/C22H28N4O2S/c1-24(2)29(27,28)16-10-15-25(3)17-20-18-26(21-13-8-5-9-14-21)23-22(20)19-11-6-4-7-12-19/h4-9,11-14,18H,10,15-17H2,1-3H3. The van der Waals surface area contributed by atoms with Gasteiger partial charge in [-0.1, -0.05) is 48.5 Å². The van der Waals surface area contributed by atoms with Gasteiger partial charge < -0.3 is 4.90 Å². The number of hydrogen-bond donors (Lipinski definition) is 0. The van der Waals surface area contributed by atoms with Gasteiger partial charge in [0.15, 0.2) is 0 Å². The van der Waals surface area contributed by atoms with Crippen molar-refractivity contribution in [2.45, 2.75) is 13.0 Å². The molecule has 0 atom stereocenters. The summed E-state index contributed by atoms with van der Waals surface area (Å²) in [5, 5.41) is 4.83. The SMILES string of the molecule is CN(CCCS(=O)(=O)N(C)C)Cc1cn(-c2ccccc2)nc1-c1ccccc1. The highest BCUT2D eigenvalue weighted by molar-refractivity contribution is 7.89. The second-order valence-electron chi connectivity index (χ2n) is 7.34. The van der Waals surface area contributed by atoms with Crippen LogP contribution >= 0.6 is 0 Å². The van der Waals surface area contributed by atoms with Crippen LogP contribution in [0.5, 0.6) is 0 Å². The first-order valence-corrected chi connectivity index (χ1v) is 11.3. The van der Waals surface area contributed by atoms with Gasteiger partial charge in [0, 0.05) is 38.0 Å². The highest BCUT2D eigenvalue weighted by Gasteiger charge is 2.16. The van der Waals surface area contributed by atoms with Gasteiger partial charge >= 0.3 is 0 Å². The second-order valence-corrected chi connectivity index (χ2v) is 9.64. The predicted octanol–water partition coefficient (Wildman–Crippen LogP) is 3.25. The van der Waals surface area contributed by atoms with Gasteiger partial charge in [-0.05, 0) is 32.1 Å². The van der Waals surface area contributed by atoms with E-state index in [4.69, 9.17) is 5.10 Å². The Hall–Kier alpha value is -2.48. The van der Waals surface area contributed by atoms with E-state index >= 15 is 0 Å². The molecule has 3 rings (SSSR count). The largest absolute Gasteiger partial charge is 0.302 e. The van der Waals surface area contributed by atoms with Gasteiger partial charge in [0.25, 0.3) is 0 Å². The number of aromatic nitrogens is 2. The van der Waals surface area contributed by atoms with E-state index in [1.807, 2.05) is 60.3 Å². The highest BCUT2D eigenvalue weighted by atomic mass is 32.2. The first-order valence-electron chi connectivity index (χ1n) is 9.65. The van der Waals surface area contributed by atoms with Gasteiger partial charge in [0.05, 0.1) is 17.1 Å². The van der Waals surface area contributed by atoms with Crippen molar-refractivity contribution in [1.82, 2.24) is 19.0 Å². The first kappa shape index (κ1) is 21.2. The highest BCUT2D eigenvalue weighted by Crippen LogP contribution is 2.24. The third-order valence-corrected chi connectivity index (χ3v) is 6.71. The summed E-state index contributed by atoms with van der Waals surface area (Å²) in [5.41, 5.74) is 4.14. The van der Waals surface area contributed by atoms with Crippen LogP contribution in [0.4, 0.5) is 0 Å². The molecule has 0 amide bonds. The van der Waals surface area contributed by atoms with Gasteiger partial charge in [0.1, 0.15) is 0 Å². The van der Waals surface area contributed by atoms with E-state index in [0.29, 0.717) is 19.5 Å². The van der Waals surface area contributed by atoms with Crippen molar-refractivity contribution >= 4 is 10.0 Å². The van der Waals surface area contributed by atoms with E-state index in [1.54, 1.807) is 14.1 Å². The normalized spacial score (nSPS) is 12.0. The Bertz CT molecular complexity index is 1020. The predicted molar refractivity (Wildman–Crippen MR) is 117 cm³/mol. The second kappa shape index (κ2) is 9.35. The van der Waals surface area contributed by atoms with Crippen molar-refractivity contribution < 1.29 is 8.42 Å². The molecule has 1 heterocycles. The summed E-state index contributed by atoms with van der Waals surface area (Å²) in [6.45, 7) is 1.39. The van der Waals surface area contributed by atoms with Crippen molar-refractivity contribution in [3.63, 3.8) is 0 Å². The van der Waals surface area contributed by atoms with E-state index in [0.717, 1.165) is 22.5 Å². The summed E-state index contributed by atoms with van der Waals surface area (Å²) < 4.78 is 27.1. The van der Waals surface area contributed by atoms with Gasteiger partial charge in [-0.25, -0.2) is 17.4 Å². The number of rotatable bonds is 9. The Balaban J connectivity index is 1.78. The molecule has 3 aromatic rings. The van der Waals surface area contributed by atoms with Gasteiger partial charge in [-0.2, -0.15) is 5.10 Å². The minimum Gasteiger partial charge on any atom is -0.302 e. The quantitative estimate of drug-likeness (QED) is 0.541. The maximum absolute atomic E-state index is 12.0.